The van der Waals surface area contributed by atoms with Crippen molar-refractivity contribution >= 4 is 17.8 Å². The Bertz CT molecular complexity index is 719. The Labute approximate surface area is 186 Å². The molecule has 2 N–H and O–H groups in total. The van der Waals surface area contributed by atoms with E-state index in [2.05, 4.69) is 5.32 Å². The van der Waals surface area contributed by atoms with Crippen LogP contribution in [0.2, 0.25) is 0 Å². The normalized spacial score (nSPS) is 14.4. The third-order valence-corrected chi connectivity index (χ3v) is 5.31. The van der Waals surface area contributed by atoms with Gasteiger partial charge in [0.2, 0.25) is 11.8 Å². The number of carboxylic acids is 1. The predicted octanol–water partition coefficient (Wildman–Crippen LogP) is 2.65. The van der Waals surface area contributed by atoms with Gasteiger partial charge >= 0.3 is 5.97 Å². The van der Waals surface area contributed by atoms with Crippen LogP contribution >= 0.6 is 0 Å². The van der Waals surface area contributed by atoms with E-state index in [0.29, 0.717) is 19.3 Å². The fourth-order valence-electron chi connectivity index (χ4n) is 3.58. The molecule has 3 atom stereocenters. The number of amides is 2. The van der Waals surface area contributed by atoms with Gasteiger partial charge in [-0.1, -0.05) is 58.0 Å². The molecular weight excluding hydrogens is 394 g/mol. The number of nitrogens with zero attached hydrogens (tertiary/aromatic N) is 2. The Morgan fingerprint density at radius 2 is 1.45 bits per heavy atom. The van der Waals surface area contributed by atoms with Gasteiger partial charge in [-0.05, 0) is 50.8 Å². The number of hydrogen-bond acceptors (Lipinski definition) is 4. The largest absolute Gasteiger partial charge is 0.480 e. The maximum atomic E-state index is 13.2. The third kappa shape index (κ3) is 8.69. The molecule has 7 nitrogen and oxygen atoms in total. The molecule has 31 heavy (non-hydrogen) atoms. The zero-order valence-corrected chi connectivity index (χ0v) is 20.0. The predicted molar refractivity (Wildman–Crippen MR) is 123 cm³/mol. The first-order valence-corrected chi connectivity index (χ1v) is 10.9. The van der Waals surface area contributed by atoms with Gasteiger partial charge in [0.05, 0.1) is 6.04 Å². The Morgan fingerprint density at radius 3 is 1.90 bits per heavy atom. The second-order valence-corrected chi connectivity index (χ2v) is 9.29. The quantitative estimate of drug-likeness (QED) is 0.529. The van der Waals surface area contributed by atoms with E-state index in [4.69, 9.17) is 0 Å². The van der Waals surface area contributed by atoms with E-state index in [1.165, 1.54) is 11.9 Å². The number of nitrogens with one attached hydrogen (secondary N) is 1. The van der Waals surface area contributed by atoms with Crippen molar-refractivity contribution in [2.45, 2.75) is 65.1 Å². The van der Waals surface area contributed by atoms with Crippen molar-refractivity contribution in [3.05, 3.63) is 35.9 Å². The molecule has 174 valence electrons. The number of benzene rings is 1. The monoisotopic (exact) mass is 433 g/mol. The summed E-state index contributed by atoms with van der Waals surface area (Å²) in [5.41, 5.74) is 1.03. The fraction of sp³-hybridized carbons (Fsp3) is 0.625. The van der Waals surface area contributed by atoms with Crippen molar-refractivity contribution in [2.75, 3.05) is 21.1 Å². The first-order chi connectivity index (χ1) is 14.4. The molecule has 1 rings (SSSR count). The lowest BCUT2D eigenvalue weighted by atomic mass is 9.98. The Kier molecular flexibility index (Phi) is 10.7. The highest BCUT2D eigenvalue weighted by molar-refractivity contribution is 5.91. The third-order valence-electron chi connectivity index (χ3n) is 5.31. The minimum absolute atomic E-state index is 0.124. The minimum Gasteiger partial charge on any atom is -0.480 e. The Morgan fingerprint density at radius 1 is 0.903 bits per heavy atom. The first-order valence-electron chi connectivity index (χ1n) is 10.9. The van der Waals surface area contributed by atoms with Gasteiger partial charge in [0.1, 0.15) is 12.1 Å². The number of rotatable bonds is 12. The number of carbonyl (C=O) groups excluding carboxylic acids is 2. The summed E-state index contributed by atoms with van der Waals surface area (Å²) in [5.74, 6) is -1.36. The van der Waals surface area contributed by atoms with Crippen molar-refractivity contribution < 1.29 is 19.5 Å². The summed E-state index contributed by atoms with van der Waals surface area (Å²) in [6.45, 7) is 7.80. The second kappa shape index (κ2) is 12.4. The van der Waals surface area contributed by atoms with Gasteiger partial charge in [-0.3, -0.25) is 14.5 Å². The van der Waals surface area contributed by atoms with Crippen LogP contribution in [0.15, 0.2) is 30.3 Å². The molecule has 0 aromatic heterocycles. The summed E-state index contributed by atoms with van der Waals surface area (Å²) in [6, 6.07) is 7.59. The zero-order valence-electron chi connectivity index (χ0n) is 20.0. The van der Waals surface area contributed by atoms with Crippen LogP contribution in [0.5, 0.6) is 0 Å². The number of hydrogen-bond donors (Lipinski definition) is 2. The van der Waals surface area contributed by atoms with Gasteiger partial charge in [-0.2, -0.15) is 0 Å². The van der Waals surface area contributed by atoms with E-state index in [9.17, 15) is 19.5 Å². The number of aliphatic carboxylic acids is 1. The summed E-state index contributed by atoms with van der Waals surface area (Å²) in [5, 5.41) is 12.5. The lowest BCUT2D eigenvalue weighted by Crippen LogP contribution is -2.56. The van der Waals surface area contributed by atoms with Crippen LogP contribution < -0.4 is 5.32 Å². The molecule has 0 heterocycles. The SMILES string of the molecule is CC(C)C[C@H](NC(=O)[C@H](Cc1ccccc1)N(C)C)C(=O)N(C)[C@@H](CC(C)C)C(=O)O. The van der Waals surface area contributed by atoms with E-state index in [-0.39, 0.29) is 23.7 Å². The maximum Gasteiger partial charge on any atom is 0.326 e. The highest BCUT2D eigenvalue weighted by Gasteiger charge is 2.34. The van der Waals surface area contributed by atoms with Crippen LogP contribution in [0.3, 0.4) is 0 Å². The van der Waals surface area contributed by atoms with Crippen LogP contribution in [-0.2, 0) is 20.8 Å². The average Bonchev–Trinajstić information content (AvgIpc) is 2.68. The molecular formula is C24H39N3O4. The molecule has 0 fully saturated rings. The highest BCUT2D eigenvalue weighted by Crippen LogP contribution is 2.16. The summed E-state index contributed by atoms with van der Waals surface area (Å²) < 4.78 is 0. The van der Waals surface area contributed by atoms with Crippen molar-refractivity contribution in [1.82, 2.24) is 15.1 Å². The van der Waals surface area contributed by atoms with Crippen molar-refractivity contribution in [3.63, 3.8) is 0 Å². The summed E-state index contributed by atoms with van der Waals surface area (Å²) in [6.07, 6.45) is 1.31. The second-order valence-electron chi connectivity index (χ2n) is 9.29. The smallest absolute Gasteiger partial charge is 0.326 e. The summed E-state index contributed by atoms with van der Waals surface area (Å²) >= 11 is 0. The van der Waals surface area contributed by atoms with Gasteiger partial charge in [-0.25, -0.2) is 4.79 Å². The van der Waals surface area contributed by atoms with Crippen LogP contribution in [0.1, 0.15) is 46.1 Å². The van der Waals surface area contributed by atoms with Crippen LogP contribution in [0.4, 0.5) is 0 Å². The van der Waals surface area contributed by atoms with Gasteiger partial charge in [0.15, 0.2) is 0 Å². The standard InChI is InChI=1S/C24H39N3O4/c1-16(2)13-19(23(29)27(7)21(24(30)31)14-17(3)4)25-22(28)20(26(5)6)15-18-11-9-8-10-12-18/h8-12,16-17,19-21H,13-15H2,1-7H3,(H,25,28)(H,30,31)/t19-,20-,21-/m0/s1. The topological polar surface area (TPSA) is 90.0 Å². The molecule has 0 saturated carbocycles. The lowest BCUT2D eigenvalue weighted by molar-refractivity contribution is -0.151. The molecule has 0 bridgehead atoms. The van der Waals surface area contributed by atoms with E-state index in [1.54, 1.807) is 0 Å². The van der Waals surface area contributed by atoms with Crippen LogP contribution in [0.25, 0.3) is 0 Å². The molecule has 1 aromatic carbocycles. The average molecular weight is 434 g/mol. The minimum atomic E-state index is -1.03. The van der Waals surface area contributed by atoms with E-state index < -0.39 is 24.1 Å². The van der Waals surface area contributed by atoms with E-state index in [1.807, 2.05) is 77.0 Å². The fourth-order valence-corrected chi connectivity index (χ4v) is 3.58. The number of carbonyl (C=O) groups is 3. The summed E-state index contributed by atoms with van der Waals surface area (Å²) in [7, 11) is 5.18. The molecule has 1 aromatic rings. The van der Waals surface area contributed by atoms with Crippen molar-refractivity contribution in [1.29, 1.82) is 0 Å². The summed E-state index contributed by atoms with van der Waals surface area (Å²) in [4.78, 5) is 41.2. The number of likely N-dealkylation sites (N-methyl/N-ethyl adjacent to an activating group) is 2. The van der Waals surface area contributed by atoms with Gasteiger partial charge in [-0.15, -0.1) is 0 Å². The van der Waals surface area contributed by atoms with Crippen LogP contribution in [0, 0.1) is 11.8 Å². The molecule has 0 radical (unpaired) electrons. The van der Waals surface area contributed by atoms with Gasteiger partial charge in [0, 0.05) is 7.05 Å². The molecule has 0 spiro atoms. The molecule has 0 aliphatic carbocycles. The van der Waals surface area contributed by atoms with Crippen LogP contribution in [-0.4, -0.2) is 72.0 Å². The molecule has 0 aliphatic rings. The lowest BCUT2D eigenvalue weighted by Gasteiger charge is -2.32. The van der Waals surface area contributed by atoms with E-state index in [0.717, 1.165) is 5.56 Å². The van der Waals surface area contributed by atoms with Gasteiger partial charge < -0.3 is 15.3 Å². The number of carboxylic acid groups (broad SMARTS) is 1. The molecule has 0 saturated heterocycles. The van der Waals surface area contributed by atoms with E-state index >= 15 is 0 Å². The first kappa shape index (κ1) is 26.6. The van der Waals surface area contributed by atoms with Crippen molar-refractivity contribution in [2.24, 2.45) is 11.8 Å². The van der Waals surface area contributed by atoms with Gasteiger partial charge in [0.25, 0.3) is 0 Å². The Hall–Kier alpha value is -2.41. The Balaban J connectivity index is 3.04. The maximum absolute atomic E-state index is 13.2. The molecule has 0 unspecified atom stereocenters. The highest BCUT2D eigenvalue weighted by atomic mass is 16.4. The van der Waals surface area contributed by atoms with Crippen molar-refractivity contribution in [3.8, 4) is 0 Å². The molecule has 2 amide bonds. The zero-order chi connectivity index (χ0) is 23.7. The molecule has 0 aliphatic heterocycles. The molecule has 7 heteroatoms.